The molecule has 0 saturated heterocycles. The van der Waals surface area contributed by atoms with Crippen molar-refractivity contribution in [1.82, 2.24) is 25.4 Å². The third-order valence-corrected chi connectivity index (χ3v) is 5.11. The monoisotopic (exact) mass is 440 g/mol. The number of halogens is 1. The van der Waals surface area contributed by atoms with Crippen molar-refractivity contribution in [2.45, 2.75) is 32.9 Å². The van der Waals surface area contributed by atoms with E-state index in [1.54, 1.807) is 13.4 Å². The van der Waals surface area contributed by atoms with E-state index >= 15 is 0 Å². The lowest BCUT2D eigenvalue weighted by atomic mass is 10.1. The van der Waals surface area contributed by atoms with Gasteiger partial charge in [0.25, 0.3) is 0 Å². The van der Waals surface area contributed by atoms with Crippen LogP contribution in [0.25, 0.3) is 0 Å². The minimum atomic E-state index is 0.577. The van der Waals surface area contributed by atoms with Crippen molar-refractivity contribution in [2.24, 2.45) is 4.99 Å². The molecule has 2 aromatic carbocycles. The normalized spacial score (nSPS) is 11.4. The Morgan fingerprint density at radius 1 is 1.03 bits per heavy atom. The Hall–Kier alpha value is -3.06. The maximum Gasteiger partial charge on any atom is 0.191 e. The van der Waals surface area contributed by atoms with Crippen LogP contribution in [0.2, 0.25) is 5.02 Å². The molecule has 0 saturated carbocycles. The van der Waals surface area contributed by atoms with Gasteiger partial charge < -0.3 is 19.9 Å². The predicted molar refractivity (Wildman–Crippen MR) is 125 cm³/mol. The molecule has 1 heterocycles. The highest BCUT2D eigenvalue weighted by atomic mass is 35.5. The Labute approximate surface area is 188 Å². The number of hydrogen-bond donors (Lipinski definition) is 2. The second-order valence-corrected chi connectivity index (χ2v) is 7.47. The molecule has 3 aromatic rings. The summed E-state index contributed by atoms with van der Waals surface area (Å²) >= 11 is 5.97. The molecule has 31 heavy (non-hydrogen) atoms. The summed E-state index contributed by atoms with van der Waals surface area (Å²) in [7, 11) is 1.67. The molecule has 164 valence electrons. The molecule has 0 radical (unpaired) electrons. The summed E-state index contributed by atoms with van der Waals surface area (Å²) in [5, 5.41) is 15.7. The molecule has 0 bridgehead atoms. The van der Waals surface area contributed by atoms with Gasteiger partial charge in [-0.2, -0.15) is 0 Å². The molecular weight excluding hydrogens is 412 g/mol. The van der Waals surface area contributed by atoms with E-state index in [9.17, 15) is 0 Å². The van der Waals surface area contributed by atoms with Gasteiger partial charge in [0.05, 0.1) is 13.7 Å². The third-order valence-electron chi connectivity index (χ3n) is 4.86. The maximum atomic E-state index is 5.97. The fraction of sp³-hybridized carbons (Fsp3) is 0.348. The lowest BCUT2D eigenvalue weighted by Crippen LogP contribution is -2.40. The second-order valence-electron chi connectivity index (χ2n) is 7.04. The molecular formula is C23H29ClN6O. The first-order valence-electron chi connectivity index (χ1n) is 10.4. The molecule has 0 unspecified atom stereocenters. The topological polar surface area (TPSA) is 76.4 Å². The summed E-state index contributed by atoms with van der Waals surface area (Å²) in [5.41, 5.74) is 2.34. The van der Waals surface area contributed by atoms with Gasteiger partial charge in [-0.3, -0.25) is 0 Å². The van der Waals surface area contributed by atoms with Gasteiger partial charge in [0, 0.05) is 31.1 Å². The third kappa shape index (κ3) is 7.29. The summed E-state index contributed by atoms with van der Waals surface area (Å²) in [6, 6.07) is 15.9. The van der Waals surface area contributed by atoms with Crippen LogP contribution in [0.5, 0.6) is 5.75 Å². The van der Waals surface area contributed by atoms with Crippen molar-refractivity contribution >= 4 is 17.6 Å². The lowest BCUT2D eigenvalue weighted by molar-refractivity contribution is 0.414. The Morgan fingerprint density at radius 3 is 2.45 bits per heavy atom. The van der Waals surface area contributed by atoms with Crippen LogP contribution in [0.15, 0.2) is 59.9 Å². The van der Waals surface area contributed by atoms with Gasteiger partial charge in [0.1, 0.15) is 17.9 Å². The zero-order valence-electron chi connectivity index (χ0n) is 18.0. The number of nitrogens with one attached hydrogen (secondary N) is 2. The second kappa shape index (κ2) is 12.0. The fourth-order valence-electron chi connectivity index (χ4n) is 3.09. The van der Waals surface area contributed by atoms with Crippen LogP contribution < -0.4 is 15.4 Å². The quantitative estimate of drug-likeness (QED) is 0.373. The Morgan fingerprint density at radius 2 is 1.74 bits per heavy atom. The van der Waals surface area contributed by atoms with Gasteiger partial charge >= 0.3 is 0 Å². The Bertz CT molecular complexity index is 953. The molecule has 0 atom stereocenters. The number of nitrogens with zero attached hydrogens (tertiary/aromatic N) is 4. The van der Waals surface area contributed by atoms with Crippen molar-refractivity contribution in [2.75, 3.05) is 20.2 Å². The van der Waals surface area contributed by atoms with Crippen molar-refractivity contribution in [3.63, 3.8) is 0 Å². The first-order valence-corrected chi connectivity index (χ1v) is 10.8. The average Bonchev–Trinajstić information content (AvgIpc) is 3.26. The van der Waals surface area contributed by atoms with Crippen LogP contribution in [0.4, 0.5) is 0 Å². The van der Waals surface area contributed by atoms with Crippen molar-refractivity contribution < 1.29 is 4.74 Å². The van der Waals surface area contributed by atoms with E-state index in [1.165, 1.54) is 5.56 Å². The number of rotatable bonds is 10. The number of benzene rings is 2. The summed E-state index contributed by atoms with van der Waals surface area (Å²) in [6.45, 7) is 4.92. The van der Waals surface area contributed by atoms with Crippen LogP contribution in [0, 0.1) is 0 Å². The van der Waals surface area contributed by atoms with Crippen LogP contribution in [0.1, 0.15) is 23.9 Å². The number of methoxy groups -OCH3 is 1. The fourth-order valence-corrected chi connectivity index (χ4v) is 3.21. The van der Waals surface area contributed by atoms with E-state index in [0.717, 1.165) is 60.6 Å². The van der Waals surface area contributed by atoms with Crippen LogP contribution >= 0.6 is 11.6 Å². The number of aromatic nitrogens is 3. The van der Waals surface area contributed by atoms with E-state index in [0.29, 0.717) is 6.54 Å². The predicted octanol–water partition coefficient (Wildman–Crippen LogP) is 3.48. The van der Waals surface area contributed by atoms with E-state index < -0.39 is 0 Å². The standard InChI is InChI=1S/C23H29ClN6O/c1-3-22-29-28-17-30(22)15-14-26-23(25-13-12-18-4-8-20(24)9-5-18)27-16-19-6-10-21(31-2)11-7-19/h4-11,17H,3,12-16H2,1-2H3,(H2,25,26,27). The van der Waals surface area contributed by atoms with Crippen LogP contribution in [-0.4, -0.2) is 40.9 Å². The van der Waals surface area contributed by atoms with Gasteiger partial charge in [-0.05, 0) is 41.8 Å². The summed E-state index contributed by atoms with van der Waals surface area (Å²) < 4.78 is 7.28. The molecule has 2 N–H and O–H groups in total. The minimum Gasteiger partial charge on any atom is -0.497 e. The number of aliphatic imine (C=N–C) groups is 1. The molecule has 0 aliphatic heterocycles. The van der Waals surface area contributed by atoms with Gasteiger partial charge in [0.2, 0.25) is 0 Å². The first kappa shape index (κ1) is 22.6. The van der Waals surface area contributed by atoms with Crippen LogP contribution in [0.3, 0.4) is 0 Å². The first-order chi connectivity index (χ1) is 15.2. The molecule has 0 amide bonds. The van der Waals surface area contributed by atoms with Crippen molar-refractivity contribution in [1.29, 1.82) is 0 Å². The smallest absolute Gasteiger partial charge is 0.191 e. The number of hydrogen-bond acceptors (Lipinski definition) is 4. The van der Waals surface area contributed by atoms with E-state index in [-0.39, 0.29) is 0 Å². The average molecular weight is 441 g/mol. The van der Waals surface area contributed by atoms with Gasteiger partial charge in [0.15, 0.2) is 5.96 Å². The van der Waals surface area contributed by atoms with Gasteiger partial charge in [-0.1, -0.05) is 42.8 Å². The molecule has 8 heteroatoms. The molecule has 0 fully saturated rings. The number of aryl methyl sites for hydroxylation is 1. The Balaban J connectivity index is 1.57. The molecule has 0 aliphatic rings. The molecule has 7 nitrogen and oxygen atoms in total. The Kier molecular flexibility index (Phi) is 8.72. The maximum absolute atomic E-state index is 5.97. The van der Waals surface area contributed by atoms with Crippen LogP contribution in [-0.2, 0) is 25.9 Å². The number of ether oxygens (including phenoxy) is 1. The van der Waals surface area contributed by atoms with Gasteiger partial charge in [-0.25, -0.2) is 4.99 Å². The summed E-state index contributed by atoms with van der Waals surface area (Å²) in [5.74, 6) is 2.60. The minimum absolute atomic E-state index is 0.577. The highest BCUT2D eigenvalue weighted by molar-refractivity contribution is 6.30. The molecule has 0 spiro atoms. The SMILES string of the molecule is CCc1nncn1CCNC(=NCc1ccc(OC)cc1)NCCc1ccc(Cl)cc1. The lowest BCUT2D eigenvalue weighted by Gasteiger charge is -2.14. The van der Waals surface area contributed by atoms with Gasteiger partial charge in [-0.15, -0.1) is 10.2 Å². The highest BCUT2D eigenvalue weighted by Gasteiger charge is 2.04. The van der Waals surface area contributed by atoms with Crippen molar-refractivity contribution in [3.05, 3.63) is 76.8 Å². The van der Waals surface area contributed by atoms with E-state index in [2.05, 4.69) is 32.3 Å². The molecule has 0 aliphatic carbocycles. The highest BCUT2D eigenvalue weighted by Crippen LogP contribution is 2.12. The zero-order valence-corrected chi connectivity index (χ0v) is 18.8. The largest absolute Gasteiger partial charge is 0.497 e. The van der Waals surface area contributed by atoms with E-state index in [1.807, 2.05) is 48.5 Å². The summed E-state index contributed by atoms with van der Waals surface area (Å²) in [6.07, 6.45) is 3.51. The van der Waals surface area contributed by atoms with Crippen molar-refractivity contribution in [3.8, 4) is 5.75 Å². The number of guanidine groups is 1. The zero-order chi connectivity index (χ0) is 21.9. The molecule has 3 rings (SSSR count). The van der Waals surface area contributed by atoms with E-state index in [4.69, 9.17) is 21.3 Å². The summed E-state index contributed by atoms with van der Waals surface area (Å²) in [4.78, 5) is 4.75. The molecule has 1 aromatic heterocycles.